The fourth-order valence-electron chi connectivity index (χ4n) is 2.09. The minimum atomic E-state index is -0.467. The van der Waals surface area contributed by atoms with Crippen molar-refractivity contribution in [1.29, 1.82) is 0 Å². The Morgan fingerprint density at radius 3 is 2.27 bits per heavy atom. The van der Waals surface area contributed by atoms with E-state index in [1.165, 1.54) is 6.07 Å². The average Bonchev–Trinajstić information content (AvgIpc) is 2.41. The Bertz CT molecular complexity index is 693. The summed E-state index contributed by atoms with van der Waals surface area (Å²) in [6, 6.07) is 12.7. The van der Waals surface area contributed by atoms with Crippen molar-refractivity contribution in [3.8, 4) is 0 Å². The highest BCUT2D eigenvalue weighted by Crippen LogP contribution is 2.11. The zero-order valence-electron chi connectivity index (χ0n) is 13.2. The lowest BCUT2D eigenvalue weighted by molar-refractivity contribution is -0.153. The van der Waals surface area contributed by atoms with Crippen LogP contribution in [0.5, 0.6) is 0 Å². The van der Waals surface area contributed by atoms with E-state index < -0.39 is 5.60 Å². The second kappa shape index (κ2) is 6.60. The number of ether oxygens (including phenoxy) is 1. The van der Waals surface area contributed by atoms with Gasteiger partial charge in [-0.15, -0.1) is 0 Å². The first-order valence-electron chi connectivity index (χ1n) is 7.29. The molecule has 0 bridgehead atoms. The van der Waals surface area contributed by atoms with Crippen LogP contribution in [0.2, 0.25) is 0 Å². The van der Waals surface area contributed by atoms with Crippen LogP contribution in [-0.4, -0.2) is 16.1 Å². The van der Waals surface area contributed by atoms with Crippen LogP contribution in [0, 0.1) is 0 Å². The van der Waals surface area contributed by atoms with E-state index in [1.807, 2.05) is 51.1 Å². The largest absolute Gasteiger partial charge is 0.460 e. The van der Waals surface area contributed by atoms with Crippen molar-refractivity contribution in [3.63, 3.8) is 0 Å². The second-order valence-corrected chi connectivity index (χ2v) is 6.25. The maximum Gasteiger partial charge on any atom is 0.310 e. The number of esters is 1. The molecule has 1 heterocycles. The highest BCUT2D eigenvalue weighted by Gasteiger charge is 2.16. The molecule has 1 aromatic carbocycles. The zero-order valence-corrected chi connectivity index (χ0v) is 13.2. The quantitative estimate of drug-likeness (QED) is 0.816. The van der Waals surface area contributed by atoms with Crippen molar-refractivity contribution in [1.82, 2.24) is 4.57 Å². The van der Waals surface area contributed by atoms with Crippen LogP contribution in [-0.2, 0) is 22.5 Å². The van der Waals surface area contributed by atoms with Gasteiger partial charge in [0.05, 0.1) is 13.0 Å². The Hall–Kier alpha value is -2.36. The number of benzene rings is 1. The van der Waals surface area contributed by atoms with Crippen LogP contribution in [0.3, 0.4) is 0 Å². The van der Waals surface area contributed by atoms with Gasteiger partial charge in [0.1, 0.15) is 5.60 Å². The molecule has 0 atom stereocenters. The van der Waals surface area contributed by atoms with Gasteiger partial charge in [-0.25, -0.2) is 0 Å². The number of carbonyl (C=O) groups is 1. The molecule has 4 heteroatoms. The van der Waals surface area contributed by atoms with E-state index in [0.717, 1.165) is 11.1 Å². The number of rotatable bonds is 4. The number of carbonyl (C=O) groups excluding carboxylic acids is 1. The minimum absolute atomic E-state index is 0.0275. The van der Waals surface area contributed by atoms with Crippen molar-refractivity contribution < 1.29 is 9.53 Å². The van der Waals surface area contributed by atoms with Gasteiger partial charge in [0.25, 0.3) is 5.56 Å². The Balaban J connectivity index is 2.00. The van der Waals surface area contributed by atoms with Crippen LogP contribution >= 0.6 is 0 Å². The van der Waals surface area contributed by atoms with Crippen LogP contribution in [0.4, 0.5) is 0 Å². The first kappa shape index (κ1) is 16.0. The molecule has 22 heavy (non-hydrogen) atoms. The molecular formula is C18H21NO3. The summed E-state index contributed by atoms with van der Waals surface area (Å²) in [6.45, 7) is 6.08. The Morgan fingerprint density at radius 2 is 1.68 bits per heavy atom. The molecule has 0 saturated heterocycles. The molecular weight excluding hydrogens is 278 g/mol. The molecule has 2 aromatic rings. The second-order valence-electron chi connectivity index (χ2n) is 6.25. The SMILES string of the molecule is CC(C)(C)OC(=O)Cc1ccc(Cn2ccccc2=O)cc1. The van der Waals surface area contributed by atoms with E-state index >= 15 is 0 Å². The maximum absolute atomic E-state index is 11.8. The molecule has 0 N–H and O–H groups in total. The van der Waals surface area contributed by atoms with E-state index in [-0.39, 0.29) is 17.9 Å². The Labute approximate surface area is 130 Å². The predicted octanol–water partition coefficient (Wildman–Crippen LogP) is 2.78. The fourth-order valence-corrected chi connectivity index (χ4v) is 2.09. The molecule has 0 fully saturated rings. The molecule has 0 unspecified atom stereocenters. The summed E-state index contributed by atoms with van der Waals surface area (Å²) in [7, 11) is 0. The number of pyridine rings is 1. The first-order valence-corrected chi connectivity index (χ1v) is 7.29. The van der Waals surface area contributed by atoms with Crippen LogP contribution in [0.25, 0.3) is 0 Å². The van der Waals surface area contributed by atoms with Gasteiger partial charge >= 0.3 is 5.97 Å². The smallest absolute Gasteiger partial charge is 0.310 e. The van der Waals surface area contributed by atoms with Crippen molar-refractivity contribution >= 4 is 5.97 Å². The van der Waals surface area contributed by atoms with Gasteiger partial charge in [-0.1, -0.05) is 30.3 Å². The van der Waals surface area contributed by atoms with Gasteiger partial charge < -0.3 is 9.30 Å². The summed E-state index contributed by atoms with van der Waals surface area (Å²) < 4.78 is 6.94. The lowest BCUT2D eigenvalue weighted by Gasteiger charge is -2.19. The predicted molar refractivity (Wildman–Crippen MR) is 85.8 cm³/mol. The Kier molecular flexibility index (Phi) is 4.81. The molecule has 0 spiro atoms. The van der Waals surface area contributed by atoms with E-state index in [9.17, 15) is 9.59 Å². The molecule has 0 amide bonds. The van der Waals surface area contributed by atoms with Gasteiger partial charge in [0.15, 0.2) is 0 Å². The monoisotopic (exact) mass is 299 g/mol. The topological polar surface area (TPSA) is 48.3 Å². The fraction of sp³-hybridized carbons (Fsp3) is 0.333. The van der Waals surface area contributed by atoms with E-state index in [2.05, 4.69) is 0 Å². The summed E-state index contributed by atoms with van der Waals surface area (Å²) in [6.07, 6.45) is 2.01. The van der Waals surface area contributed by atoms with E-state index in [0.29, 0.717) is 6.54 Å². The number of nitrogens with zero attached hydrogens (tertiary/aromatic N) is 1. The lowest BCUT2D eigenvalue weighted by Crippen LogP contribution is -2.24. The average molecular weight is 299 g/mol. The molecule has 0 aliphatic rings. The molecule has 2 rings (SSSR count). The van der Waals surface area contributed by atoms with Gasteiger partial charge in [0.2, 0.25) is 0 Å². The summed E-state index contributed by atoms with van der Waals surface area (Å²) in [5, 5.41) is 0. The third-order valence-corrected chi connectivity index (χ3v) is 3.04. The third kappa shape index (κ3) is 4.88. The van der Waals surface area contributed by atoms with E-state index in [1.54, 1.807) is 16.8 Å². The van der Waals surface area contributed by atoms with E-state index in [4.69, 9.17) is 4.74 Å². The molecule has 0 radical (unpaired) electrons. The van der Waals surface area contributed by atoms with Gasteiger partial charge in [-0.05, 0) is 38.0 Å². The molecule has 0 saturated carbocycles. The number of aromatic nitrogens is 1. The van der Waals surface area contributed by atoms with Crippen LogP contribution in [0.1, 0.15) is 31.9 Å². The normalized spacial score (nSPS) is 11.2. The molecule has 4 nitrogen and oxygen atoms in total. The van der Waals surface area contributed by atoms with Crippen molar-refractivity contribution in [2.45, 2.75) is 39.3 Å². The third-order valence-electron chi connectivity index (χ3n) is 3.04. The molecule has 0 aliphatic heterocycles. The van der Waals surface area contributed by atoms with Crippen molar-refractivity contribution in [2.75, 3.05) is 0 Å². The maximum atomic E-state index is 11.8. The Morgan fingerprint density at radius 1 is 1.05 bits per heavy atom. The summed E-state index contributed by atoms with van der Waals surface area (Å²) in [5.74, 6) is -0.237. The molecule has 0 aliphatic carbocycles. The standard InChI is InChI=1S/C18H21NO3/c1-18(2,3)22-17(21)12-14-7-9-15(10-8-14)13-19-11-5-4-6-16(19)20/h4-11H,12-13H2,1-3H3. The highest BCUT2D eigenvalue weighted by molar-refractivity contribution is 5.73. The van der Waals surface area contributed by atoms with Crippen molar-refractivity contribution in [2.24, 2.45) is 0 Å². The zero-order chi connectivity index (χ0) is 16.2. The highest BCUT2D eigenvalue weighted by atomic mass is 16.6. The lowest BCUT2D eigenvalue weighted by atomic mass is 10.1. The van der Waals surface area contributed by atoms with Crippen molar-refractivity contribution in [3.05, 3.63) is 70.1 Å². The molecule has 116 valence electrons. The number of hydrogen-bond donors (Lipinski definition) is 0. The van der Waals surface area contributed by atoms with Gasteiger partial charge in [0, 0.05) is 12.3 Å². The van der Waals surface area contributed by atoms with Crippen LogP contribution < -0.4 is 5.56 Å². The van der Waals surface area contributed by atoms with Gasteiger partial charge in [-0.2, -0.15) is 0 Å². The first-order chi connectivity index (χ1) is 10.3. The van der Waals surface area contributed by atoms with Gasteiger partial charge in [-0.3, -0.25) is 9.59 Å². The summed E-state index contributed by atoms with van der Waals surface area (Å²) in [4.78, 5) is 23.5. The summed E-state index contributed by atoms with van der Waals surface area (Å²) >= 11 is 0. The minimum Gasteiger partial charge on any atom is -0.460 e. The van der Waals surface area contributed by atoms with Crippen LogP contribution in [0.15, 0.2) is 53.5 Å². The molecule has 1 aromatic heterocycles. The number of hydrogen-bond acceptors (Lipinski definition) is 3. The summed E-state index contributed by atoms with van der Waals surface area (Å²) in [5.41, 5.74) is 1.42.